The quantitative estimate of drug-likeness (QED) is 0.561. The van der Waals surface area contributed by atoms with Crippen LogP contribution < -0.4 is 0 Å². The van der Waals surface area contributed by atoms with Crippen LogP contribution in [0.1, 0.15) is 41.4 Å². The van der Waals surface area contributed by atoms with E-state index in [1.165, 1.54) is 18.2 Å². The minimum atomic E-state index is -4.54. The third-order valence-corrected chi connectivity index (χ3v) is 7.45. The SMILES string of the molecule is Cc1ccc(S(=O)(=O)Cn2nnnc2[C@H](c2cccc(C(F)(F)F)c2)N2CCC(O)CC2)cc1. The van der Waals surface area contributed by atoms with Gasteiger partial charge in [-0.05, 0) is 60.0 Å². The fraction of sp³-hybridized carbons (Fsp3) is 0.409. The molecule has 1 fully saturated rings. The van der Waals surface area contributed by atoms with Crippen LogP contribution in [0.15, 0.2) is 53.4 Å². The number of aliphatic hydroxyl groups is 1. The molecule has 0 spiro atoms. The average Bonchev–Trinajstić information content (AvgIpc) is 3.22. The van der Waals surface area contributed by atoms with E-state index in [1.54, 1.807) is 18.2 Å². The zero-order valence-electron chi connectivity index (χ0n) is 18.4. The maximum absolute atomic E-state index is 13.4. The molecule has 34 heavy (non-hydrogen) atoms. The van der Waals surface area contributed by atoms with Crippen LogP contribution in [0.4, 0.5) is 13.2 Å². The van der Waals surface area contributed by atoms with Crippen molar-refractivity contribution in [3.63, 3.8) is 0 Å². The number of halogens is 3. The summed E-state index contributed by atoms with van der Waals surface area (Å²) in [5, 5.41) is 21.4. The summed E-state index contributed by atoms with van der Waals surface area (Å²) in [7, 11) is -3.83. The molecule has 0 amide bonds. The van der Waals surface area contributed by atoms with Gasteiger partial charge in [0.15, 0.2) is 21.5 Å². The van der Waals surface area contributed by atoms with Gasteiger partial charge >= 0.3 is 6.18 Å². The Morgan fingerprint density at radius 2 is 1.79 bits per heavy atom. The number of alkyl halides is 3. The summed E-state index contributed by atoms with van der Waals surface area (Å²) < 4.78 is 67.4. The average molecular weight is 496 g/mol. The second-order valence-corrected chi connectivity index (χ2v) is 10.3. The van der Waals surface area contributed by atoms with E-state index in [0.717, 1.165) is 22.4 Å². The monoisotopic (exact) mass is 495 g/mol. The van der Waals surface area contributed by atoms with Gasteiger partial charge in [-0.2, -0.15) is 13.2 Å². The number of nitrogens with zero attached hydrogens (tertiary/aromatic N) is 5. The van der Waals surface area contributed by atoms with E-state index >= 15 is 0 Å². The molecular weight excluding hydrogens is 471 g/mol. The zero-order chi connectivity index (χ0) is 24.5. The number of hydrogen-bond acceptors (Lipinski definition) is 7. The van der Waals surface area contributed by atoms with Gasteiger partial charge in [0.25, 0.3) is 0 Å². The Morgan fingerprint density at radius 3 is 2.44 bits per heavy atom. The summed E-state index contributed by atoms with van der Waals surface area (Å²) in [4.78, 5) is 1.96. The minimum Gasteiger partial charge on any atom is -0.393 e. The summed E-state index contributed by atoms with van der Waals surface area (Å²) in [6, 6.07) is 10.4. The van der Waals surface area contributed by atoms with E-state index in [9.17, 15) is 26.7 Å². The highest BCUT2D eigenvalue weighted by atomic mass is 32.2. The topological polar surface area (TPSA) is 101 Å². The first-order valence-electron chi connectivity index (χ1n) is 10.7. The molecule has 8 nitrogen and oxygen atoms in total. The van der Waals surface area contributed by atoms with Crippen LogP contribution in [0.2, 0.25) is 0 Å². The maximum atomic E-state index is 13.4. The van der Waals surface area contributed by atoms with Crippen LogP contribution in [0.25, 0.3) is 0 Å². The van der Waals surface area contributed by atoms with E-state index in [4.69, 9.17) is 0 Å². The van der Waals surface area contributed by atoms with Gasteiger partial charge in [-0.3, -0.25) is 4.90 Å². The first-order valence-corrected chi connectivity index (χ1v) is 12.3. The number of benzene rings is 2. The fourth-order valence-electron chi connectivity index (χ4n) is 4.03. The number of aliphatic hydroxyl groups excluding tert-OH is 1. The van der Waals surface area contributed by atoms with E-state index in [1.807, 2.05) is 11.8 Å². The summed E-state index contributed by atoms with van der Waals surface area (Å²) in [5.41, 5.74) is 0.368. The molecular formula is C22H24F3N5O3S. The fourth-order valence-corrected chi connectivity index (χ4v) is 5.24. The van der Waals surface area contributed by atoms with Gasteiger partial charge in [-0.1, -0.05) is 29.8 Å². The normalized spacial score (nSPS) is 17.1. The second-order valence-electron chi connectivity index (χ2n) is 8.39. The second kappa shape index (κ2) is 9.43. The van der Waals surface area contributed by atoms with Crippen LogP contribution in [-0.4, -0.2) is 57.8 Å². The molecule has 1 aliphatic rings. The number of sulfone groups is 1. The van der Waals surface area contributed by atoms with Crippen LogP contribution in [-0.2, 0) is 21.9 Å². The van der Waals surface area contributed by atoms with Crippen molar-refractivity contribution in [1.29, 1.82) is 0 Å². The molecule has 182 valence electrons. The lowest BCUT2D eigenvalue weighted by Gasteiger charge is -2.35. The first-order chi connectivity index (χ1) is 16.0. The van der Waals surface area contributed by atoms with Crippen molar-refractivity contribution >= 4 is 9.84 Å². The number of tetrazole rings is 1. The Morgan fingerprint density at radius 1 is 1.12 bits per heavy atom. The van der Waals surface area contributed by atoms with E-state index in [0.29, 0.717) is 25.9 Å². The molecule has 0 bridgehead atoms. The lowest BCUT2D eigenvalue weighted by molar-refractivity contribution is -0.137. The number of rotatable bonds is 6. The molecule has 12 heteroatoms. The maximum Gasteiger partial charge on any atom is 0.416 e. The van der Waals surface area contributed by atoms with Gasteiger partial charge in [0.2, 0.25) is 0 Å². The Balaban J connectivity index is 1.74. The van der Waals surface area contributed by atoms with Gasteiger partial charge in [0.05, 0.1) is 22.6 Å². The molecule has 0 unspecified atom stereocenters. The predicted octanol–water partition coefficient (Wildman–Crippen LogP) is 2.98. The van der Waals surface area contributed by atoms with E-state index in [-0.39, 0.29) is 16.3 Å². The molecule has 1 N–H and O–H groups in total. The summed E-state index contributed by atoms with van der Waals surface area (Å²) in [6.45, 7) is 2.62. The van der Waals surface area contributed by atoms with E-state index in [2.05, 4.69) is 15.5 Å². The summed E-state index contributed by atoms with van der Waals surface area (Å²) >= 11 is 0. The Kier molecular flexibility index (Phi) is 6.74. The van der Waals surface area contributed by atoms with Gasteiger partial charge in [0.1, 0.15) is 0 Å². The Hall–Kier alpha value is -2.83. The molecule has 2 heterocycles. The lowest BCUT2D eigenvalue weighted by atomic mass is 9.98. The third kappa shape index (κ3) is 5.29. The molecule has 2 aromatic carbocycles. The Bertz CT molecular complexity index is 1240. The van der Waals surface area contributed by atoms with Crippen molar-refractivity contribution in [1.82, 2.24) is 25.1 Å². The number of aryl methyl sites for hydroxylation is 1. The van der Waals surface area contributed by atoms with Crippen LogP contribution in [0, 0.1) is 6.92 Å². The molecule has 1 atom stereocenters. The van der Waals surface area contributed by atoms with Crippen molar-refractivity contribution < 1.29 is 26.7 Å². The smallest absolute Gasteiger partial charge is 0.393 e. The van der Waals surface area contributed by atoms with Crippen molar-refractivity contribution in [2.75, 3.05) is 13.1 Å². The van der Waals surface area contributed by atoms with Crippen molar-refractivity contribution in [3.8, 4) is 0 Å². The number of likely N-dealkylation sites (tertiary alicyclic amines) is 1. The number of aromatic nitrogens is 4. The van der Waals surface area contributed by atoms with E-state index < -0.39 is 39.6 Å². The number of piperidine rings is 1. The molecule has 1 aliphatic heterocycles. The minimum absolute atomic E-state index is 0.0938. The highest BCUT2D eigenvalue weighted by molar-refractivity contribution is 7.90. The van der Waals surface area contributed by atoms with Gasteiger partial charge in [-0.25, -0.2) is 13.1 Å². The van der Waals surface area contributed by atoms with Crippen molar-refractivity contribution in [2.45, 2.75) is 48.9 Å². The van der Waals surface area contributed by atoms with Crippen LogP contribution in [0.3, 0.4) is 0 Å². The largest absolute Gasteiger partial charge is 0.416 e. The van der Waals surface area contributed by atoms with Gasteiger partial charge in [0, 0.05) is 13.1 Å². The first kappa shape index (κ1) is 24.3. The van der Waals surface area contributed by atoms with Crippen molar-refractivity contribution in [3.05, 3.63) is 71.0 Å². The highest BCUT2D eigenvalue weighted by Crippen LogP contribution is 2.35. The van der Waals surface area contributed by atoms with Crippen LogP contribution in [0.5, 0.6) is 0 Å². The summed E-state index contributed by atoms with van der Waals surface area (Å²) in [6.07, 6.45) is -4.19. The molecule has 3 aromatic rings. The molecule has 0 radical (unpaired) electrons. The standard InChI is InChI=1S/C22H24F3N5O3S/c1-15-5-7-19(8-6-15)34(32,33)14-30-21(26-27-28-30)20(29-11-9-18(31)10-12-29)16-3-2-4-17(13-16)22(23,24)25/h2-8,13,18,20,31H,9-12,14H2,1H3/t20-/m0/s1. The molecule has 4 rings (SSSR count). The van der Waals surface area contributed by atoms with Crippen LogP contribution >= 0.6 is 0 Å². The summed E-state index contributed by atoms with van der Waals surface area (Å²) in [5.74, 6) is -0.448. The zero-order valence-corrected chi connectivity index (χ0v) is 19.2. The molecule has 0 aliphatic carbocycles. The molecule has 0 saturated carbocycles. The molecule has 1 saturated heterocycles. The van der Waals surface area contributed by atoms with Crippen molar-refractivity contribution in [2.24, 2.45) is 0 Å². The third-order valence-electron chi connectivity index (χ3n) is 5.87. The predicted molar refractivity (Wildman–Crippen MR) is 116 cm³/mol. The van der Waals surface area contributed by atoms with Gasteiger partial charge in [-0.15, -0.1) is 5.10 Å². The van der Waals surface area contributed by atoms with Gasteiger partial charge < -0.3 is 5.11 Å². The highest BCUT2D eigenvalue weighted by Gasteiger charge is 2.35. The Labute approximate surface area is 194 Å². The molecule has 1 aromatic heterocycles. The number of hydrogen-bond donors (Lipinski definition) is 1. The lowest BCUT2D eigenvalue weighted by Crippen LogP contribution is -2.40.